The lowest BCUT2D eigenvalue weighted by atomic mass is 9.77. The molecule has 0 amide bonds. The van der Waals surface area contributed by atoms with E-state index in [-0.39, 0.29) is 11.4 Å². The Balaban J connectivity index is 1.90. The van der Waals surface area contributed by atoms with Gasteiger partial charge >= 0.3 is 0 Å². The van der Waals surface area contributed by atoms with E-state index in [9.17, 15) is 9.18 Å². The number of halogens is 1. The summed E-state index contributed by atoms with van der Waals surface area (Å²) in [4.78, 5) is 18.7. The van der Waals surface area contributed by atoms with Gasteiger partial charge in [0.1, 0.15) is 5.82 Å². The van der Waals surface area contributed by atoms with Gasteiger partial charge in [-0.05, 0) is 37.5 Å². The summed E-state index contributed by atoms with van der Waals surface area (Å²) in [5.74, 6) is 0.196. The number of benzene rings is 1. The molecule has 0 radical (unpaired) electrons. The molecule has 2 aromatic heterocycles. The SMILES string of the molecule is NC1(c2noc(-c3cc(=O)[nH]c4ccc(F)cc34)n2)CCC1. The second kappa shape index (κ2) is 4.48. The minimum atomic E-state index is -0.552. The quantitative estimate of drug-likeness (QED) is 0.755. The van der Waals surface area contributed by atoms with Gasteiger partial charge in [0.25, 0.3) is 5.89 Å². The number of rotatable bonds is 2. The monoisotopic (exact) mass is 300 g/mol. The number of nitrogens with two attached hydrogens (primary N) is 1. The molecule has 0 atom stereocenters. The number of aromatic amines is 1. The Hall–Kier alpha value is -2.54. The molecule has 4 rings (SSSR count). The number of pyridine rings is 1. The molecule has 1 fully saturated rings. The maximum Gasteiger partial charge on any atom is 0.258 e. The van der Waals surface area contributed by atoms with Crippen LogP contribution in [0, 0.1) is 5.82 Å². The van der Waals surface area contributed by atoms with Crippen molar-refractivity contribution in [2.45, 2.75) is 24.8 Å². The van der Waals surface area contributed by atoms with E-state index in [0.717, 1.165) is 19.3 Å². The van der Waals surface area contributed by atoms with E-state index in [2.05, 4.69) is 15.1 Å². The highest BCUT2D eigenvalue weighted by atomic mass is 19.1. The highest BCUT2D eigenvalue weighted by Crippen LogP contribution is 2.38. The number of fused-ring (bicyclic) bond motifs is 1. The van der Waals surface area contributed by atoms with Crippen LogP contribution < -0.4 is 11.3 Å². The lowest BCUT2D eigenvalue weighted by Crippen LogP contribution is -2.44. The molecule has 0 bridgehead atoms. The van der Waals surface area contributed by atoms with Crippen molar-refractivity contribution in [1.29, 1.82) is 0 Å². The maximum atomic E-state index is 13.5. The molecule has 6 nitrogen and oxygen atoms in total. The van der Waals surface area contributed by atoms with Crippen molar-refractivity contribution in [3.63, 3.8) is 0 Å². The normalized spacial score (nSPS) is 16.6. The standard InChI is InChI=1S/C15H13FN4O2/c16-8-2-3-11-9(6-8)10(7-12(21)18-11)13-19-14(20-22-13)15(17)4-1-5-15/h2-3,6-7H,1,4-5,17H2,(H,18,21). The number of hydrogen-bond acceptors (Lipinski definition) is 5. The molecule has 22 heavy (non-hydrogen) atoms. The van der Waals surface area contributed by atoms with E-state index < -0.39 is 11.4 Å². The second-order valence-corrected chi connectivity index (χ2v) is 5.67. The van der Waals surface area contributed by atoms with Crippen LogP contribution in [0.1, 0.15) is 25.1 Å². The van der Waals surface area contributed by atoms with Crippen LogP contribution in [0.2, 0.25) is 0 Å². The van der Waals surface area contributed by atoms with Crippen LogP contribution >= 0.6 is 0 Å². The van der Waals surface area contributed by atoms with Crippen molar-refractivity contribution in [1.82, 2.24) is 15.1 Å². The van der Waals surface area contributed by atoms with Gasteiger partial charge in [-0.3, -0.25) is 4.79 Å². The first-order valence-electron chi connectivity index (χ1n) is 7.01. The highest BCUT2D eigenvalue weighted by Gasteiger charge is 2.39. The Labute approximate surface area is 124 Å². The second-order valence-electron chi connectivity index (χ2n) is 5.67. The predicted molar refractivity (Wildman–Crippen MR) is 77.5 cm³/mol. The molecule has 1 aromatic carbocycles. The third-order valence-electron chi connectivity index (χ3n) is 4.15. The fraction of sp³-hybridized carbons (Fsp3) is 0.267. The summed E-state index contributed by atoms with van der Waals surface area (Å²) in [7, 11) is 0. The molecule has 0 saturated heterocycles. The summed E-state index contributed by atoms with van der Waals surface area (Å²) < 4.78 is 18.8. The Morgan fingerprint density at radius 2 is 2.14 bits per heavy atom. The molecule has 0 unspecified atom stereocenters. The summed E-state index contributed by atoms with van der Waals surface area (Å²) in [6, 6.07) is 5.43. The van der Waals surface area contributed by atoms with E-state index in [1.54, 1.807) is 0 Å². The molecule has 1 aliphatic rings. The van der Waals surface area contributed by atoms with Gasteiger partial charge in [-0.2, -0.15) is 4.98 Å². The molecule has 112 valence electrons. The Morgan fingerprint density at radius 3 is 2.86 bits per heavy atom. The zero-order valence-electron chi connectivity index (χ0n) is 11.6. The van der Waals surface area contributed by atoms with Crippen molar-refractivity contribution < 1.29 is 8.91 Å². The smallest absolute Gasteiger partial charge is 0.258 e. The zero-order valence-corrected chi connectivity index (χ0v) is 11.6. The molecule has 7 heteroatoms. The van der Waals surface area contributed by atoms with Gasteiger partial charge in [0.15, 0.2) is 5.82 Å². The van der Waals surface area contributed by atoms with Crippen LogP contribution in [0.5, 0.6) is 0 Å². The Kier molecular flexibility index (Phi) is 2.67. The molecule has 3 N–H and O–H groups in total. The Bertz CT molecular complexity index is 927. The number of nitrogens with zero attached hydrogens (tertiary/aromatic N) is 2. The van der Waals surface area contributed by atoms with E-state index in [1.807, 2.05) is 0 Å². The first-order chi connectivity index (χ1) is 10.5. The van der Waals surface area contributed by atoms with E-state index in [4.69, 9.17) is 10.3 Å². The van der Waals surface area contributed by atoms with E-state index >= 15 is 0 Å². The van der Waals surface area contributed by atoms with Gasteiger partial charge in [0.2, 0.25) is 5.56 Å². The summed E-state index contributed by atoms with van der Waals surface area (Å²) >= 11 is 0. The average molecular weight is 300 g/mol. The molecular formula is C15H13FN4O2. The topological polar surface area (TPSA) is 97.8 Å². The van der Waals surface area contributed by atoms with Crippen molar-refractivity contribution >= 4 is 10.9 Å². The van der Waals surface area contributed by atoms with Gasteiger partial charge in [-0.15, -0.1) is 0 Å². The van der Waals surface area contributed by atoms with Crippen LogP contribution in [0.3, 0.4) is 0 Å². The van der Waals surface area contributed by atoms with E-state index in [0.29, 0.717) is 22.3 Å². The summed E-state index contributed by atoms with van der Waals surface area (Å²) in [6.07, 6.45) is 2.63. The molecule has 2 heterocycles. The fourth-order valence-electron chi connectivity index (χ4n) is 2.72. The minimum Gasteiger partial charge on any atom is -0.334 e. The minimum absolute atomic E-state index is 0.174. The van der Waals surface area contributed by atoms with Crippen LogP contribution in [-0.4, -0.2) is 15.1 Å². The van der Waals surface area contributed by atoms with E-state index in [1.165, 1.54) is 24.3 Å². The third kappa shape index (κ3) is 1.93. The summed E-state index contributed by atoms with van der Waals surface area (Å²) in [5, 5.41) is 4.44. The largest absolute Gasteiger partial charge is 0.334 e. The lowest BCUT2D eigenvalue weighted by Gasteiger charge is -2.34. The van der Waals surface area contributed by atoms with Crippen LogP contribution in [0.25, 0.3) is 22.4 Å². The van der Waals surface area contributed by atoms with Crippen molar-refractivity contribution in [3.8, 4) is 11.5 Å². The van der Waals surface area contributed by atoms with Crippen LogP contribution in [0.4, 0.5) is 4.39 Å². The van der Waals surface area contributed by atoms with Gasteiger partial charge in [0.05, 0.1) is 11.1 Å². The first kappa shape index (κ1) is 13.1. The summed E-state index contributed by atoms with van der Waals surface area (Å²) in [5.41, 5.74) is 6.21. The molecule has 1 aliphatic carbocycles. The molecule has 0 aliphatic heterocycles. The molecule has 1 saturated carbocycles. The van der Waals surface area contributed by atoms with Crippen molar-refractivity contribution in [3.05, 3.63) is 46.3 Å². The number of aromatic nitrogens is 3. The van der Waals surface area contributed by atoms with Crippen LogP contribution in [0.15, 0.2) is 33.6 Å². The number of nitrogens with one attached hydrogen (secondary N) is 1. The van der Waals surface area contributed by atoms with Crippen LogP contribution in [-0.2, 0) is 5.54 Å². The average Bonchev–Trinajstić information content (AvgIpc) is 2.94. The molecular weight excluding hydrogens is 287 g/mol. The van der Waals surface area contributed by atoms with Crippen molar-refractivity contribution in [2.24, 2.45) is 5.73 Å². The zero-order chi connectivity index (χ0) is 15.3. The van der Waals surface area contributed by atoms with Gasteiger partial charge in [-0.1, -0.05) is 5.16 Å². The lowest BCUT2D eigenvalue weighted by molar-refractivity contribution is 0.229. The fourth-order valence-corrected chi connectivity index (χ4v) is 2.72. The predicted octanol–water partition coefficient (Wildman–Crippen LogP) is 2.06. The molecule has 3 aromatic rings. The third-order valence-corrected chi connectivity index (χ3v) is 4.15. The first-order valence-corrected chi connectivity index (χ1v) is 7.01. The molecule has 0 spiro atoms. The van der Waals surface area contributed by atoms with Gasteiger partial charge < -0.3 is 15.2 Å². The summed E-state index contributed by atoms with van der Waals surface area (Å²) in [6.45, 7) is 0. The number of hydrogen-bond donors (Lipinski definition) is 2. The van der Waals surface area contributed by atoms with Crippen molar-refractivity contribution in [2.75, 3.05) is 0 Å². The number of H-pyrrole nitrogens is 1. The highest BCUT2D eigenvalue weighted by molar-refractivity contribution is 5.92. The maximum absolute atomic E-state index is 13.5. The van der Waals surface area contributed by atoms with Gasteiger partial charge in [0, 0.05) is 17.0 Å². The van der Waals surface area contributed by atoms with Gasteiger partial charge in [-0.25, -0.2) is 4.39 Å². The Morgan fingerprint density at radius 1 is 1.32 bits per heavy atom.